The summed E-state index contributed by atoms with van der Waals surface area (Å²) < 4.78 is 0. The molecule has 0 aliphatic heterocycles. The Hall–Kier alpha value is -1.62. The number of nitrogens with zero attached hydrogens (tertiary/aromatic N) is 1. The van der Waals surface area contributed by atoms with Crippen molar-refractivity contribution in [1.29, 1.82) is 0 Å². The summed E-state index contributed by atoms with van der Waals surface area (Å²) >= 11 is 6.05. The summed E-state index contributed by atoms with van der Waals surface area (Å²) in [6, 6.07) is 4.42. The third-order valence-corrected chi connectivity index (χ3v) is 4.67. The van der Waals surface area contributed by atoms with E-state index in [1.165, 1.54) is 12.1 Å². The fourth-order valence-corrected chi connectivity index (χ4v) is 3.21. The lowest BCUT2D eigenvalue weighted by molar-refractivity contribution is -0.384. The molecule has 0 saturated heterocycles. The van der Waals surface area contributed by atoms with Crippen molar-refractivity contribution in [3.8, 4) is 0 Å². The Bertz CT molecular complexity index is 554. The number of amides is 1. The van der Waals surface area contributed by atoms with E-state index in [1.54, 1.807) is 13.0 Å². The SMILES string of the molecule is Cc1cc(C(=O)NCC2(CCl)CCCC2)cc([N+](=O)[O-])c1. The van der Waals surface area contributed by atoms with Gasteiger partial charge in [0.25, 0.3) is 11.6 Å². The van der Waals surface area contributed by atoms with Gasteiger partial charge >= 0.3 is 0 Å². The predicted octanol–water partition coefficient (Wildman–Crippen LogP) is 3.43. The van der Waals surface area contributed by atoms with Gasteiger partial charge < -0.3 is 5.32 Å². The van der Waals surface area contributed by atoms with Crippen molar-refractivity contribution in [2.45, 2.75) is 32.6 Å². The minimum Gasteiger partial charge on any atom is -0.351 e. The highest BCUT2D eigenvalue weighted by molar-refractivity contribution is 6.18. The van der Waals surface area contributed by atoms with Gasteiger partial charge in [-0.15, -0.1) is 11.6 Å². The van der Waals surface area contributed by atoms with Crippen LogP contribution in [0.3, 0.4) is 0 Å². The number of alkyl halides is 1. The number of benzene rings is 1. The number of hydrogen-bond donors (Lipinski definition) is 1. The fraction of sp³-hybridized carbons (Fsp3) is 0.533. The van der Waals surface area contributed by atoms with Crippen LogP contribution in [0.1, 0.15) is 41.6 Å². The normalized spacial score (nSPS) is 16.7. The van der Waals surface area contributed by atoms with E-state index in [4.69, 9.17) is 11.6 Å². The Morgan fingerprint density at radius 2 is 2.05 bits per heavy atom. The minimum absolute atomic E-state index is 0.0209. The number of aryl methyl sites for hydroxylation is 1. The number of nitrogens with one attached hydrogen (secondary N) is 1. The first-order valence-electron chi connectivity index (χ1n) is 7.06. The molecule has 0 heterocycles. The molecule has 1 aliphatic carbocycles. The number of nitro groups is 1. The summed E-state index contributed by atoms with van der Waals surface area (Å²) in [7, 11) is 0. The topological polar surface area (TPSA) is 72.2 Å². The molecule has 0 atom stereocenters. The zero-order valence-corrected chi connectivity index (χ0v) is 12.8. The molecule has 114 valence electrons. The van der Waals surface area contributed by atoms with Gasteiger partial charge in [0.2, 0.25) is 0 Å². The second-order valence-corrected chi connectivity index (χ2v) is 6.11. The zero-order valence-electron chi connectivity index (χ0n) is 12.0. The summed E-state index contributed by atoms with van der Waals surface area (Å²) in [5, 5.41) is 13.7. The van der Waals surface area contributed by atoms with Gasteiger partial charge in [0, 0.05) is 35.5 Å². The van der Waals surface area contributed by atoms with E-state index in [1.807, 2.05) is 0 Å². The fourth-order valence-electron chi connectivity index (χ4n) is 2.85. The van der Waals surface area contributed by atoms with Crippen LogP contribution in [0.4, 0.5) is 5.69 Å². The van der Waals surface area contributed by atoms with Gasteiger partial charge in [-0.2, -0.15) is 0 Å². The number of non-ortho nitro benzene ring substituents is 1. The molecule has 1 aromatic carbocycles. The van der Waals surface area contributed by atoms with Crippen LogP contribution in [-0.2, 0) is 0 Å². The first kappa shape index (κ1) is 15.8. The number of halogens is 1. The number of rotatable bonds is 5. The molecule has 1 aliphatic rings. The summed E-state index contributed by atoms with van der Waals surface area (Å²) in [6.07, 6.45) is 4.31. The maximum Gasteiger partial charge on any atom is 0.270 e. The molecule has 0 unspecified atom stereocenters. The van der Waals surface area contributed by atoms with Gasteiger partial charge in [-0.25, -0.2) is 0 Å². The average Bonchev–Trinajstić information content (AvgIpc) is 2.93. The number of carbonyl (C=O) groups excluding carboxylic acids is 1. The molecule has 0 bridgehead atoms. The molecule has 0 aromatic heterocycles. The van der Waals surface area contributed by atoms with Crippen LogP contribution in [0.5, 0.6) is 0 Å². The molecule has 5 nitrogen and oxygen atoms in total. The van der Waals surface area contributed by atoms with Crippen LogP contribution < -0.4 is 5.32 Å². The smallest absolute Gasteiger partial charge is 0.270 e. The van der Waals surface area contributed by atoms with Crippen molar-refractivity contribution in [1.82, 2.24) is 5.32 Å². The summed E-state index contributed by atoms with van der Waals surface area (Å²) in [6.45, 7) is 2.26. The molecule has 1 amide bonds. The summed E-state index contributed by atoms with van der Waals surface area (Å²) in [5.41, 5.74) is 0.937. The second-order valence-electron chi connectivity index (χ2n) is 5.84. The second kappa shape index (κ2) is 6.43. The van der Waals surface area contributed by atoms with Gasteiger partial charge in [-0.05, 0) is 31.4 Å². The first-order valence-corrected chi connectivity index (χ1v) is 7.59. The third kappa shape index (κ3) is 3.73. The van der Waals surface area contributed by atoms with Crippen molar-refractivity contribution >= 4 is 23.2 Å². The van der Waals surface area contributed by atoms with Crippen molar-refractivity contribution in [2.75, 3.05) is 12.4 Å². The molecular weight excluding hydrogens is 292 g/mol. The van der Waals surface area contributed by atoms with E-state index in [0.29, 0.717) is 23.6 Å². The lowest BCUT2D eigenvalue weighted by Crippen LogP contribution is -2.37. The molecule has 1 fully saturated rings. The molecule has 0 radical (unpaired) electrons. The van der Waals surface area contributed by atoms with Crippen LogP contribution in [-0.4, -0.2) is 23.3 Å². The molecule has 2 rings (SSSR count). The van der Waals surface area contributed by atoms with E-state index in [0.717, 1.165) is 25.7 Å². The largest absolute Gasteiger partial charge is 0.351 e. The molecule has 1 N–H and O–H groups in total. The van der Waals surface area contributed by atoms with E-state index >= 15 is 0 Å². The van der Waals surface area contributed by atoms with Crippen LogP contribution in [0, 0.1) is 22.5 Å². The zero-order chi connectivity index (χ0) is 15.5. The van der Waals surface area contributed by atoms with E-state index in [-0.39, 0.29) is 17.0 Å². The predicted molar refractivity (Wildman–Crippen MR) is 81.8 cm³/mol. The third-order valence-electron chi connectivity index (χ3n) is 4.11. The van der Waals surface area contributed by atoms with Crippen molar-refractivity contribution in [2.24, 2.45) is 5.41 Å². The van der Waals surface area contributed by atoms with E-state index in [9.17, 15) is 14.9 Å². The number of hydrogen-bond acceptors (Lipinski definition) is 3. The Morgan fingerprint density at radius 1 is 1.38 bits per heavy atom. The van der Waals surface area contributed by atoms with Crippen molar-refractivity contribution in [3.63, 3.8) is 0 Å². The highest BCUT2D eigenvalue weighted by Gasteiger charge is 2.33. The van der Waals surface area contributed by atoms with Crippen LogP contribution in [0.25, 0.3) is 0 Å². The Morgan fingerprint density at radius 3 is 2.62 bits per heavy atom. The van der Waals surface area contributed by atoms with Gasteiger partial charge in [0.05, 0.1) is 4.92 Å². The van der Waals surface area contributed by atoms with Crippen LogP contribution in [0.15, 0.2) is 18.2 Å². The minimum atomic E-state index is -0.485. The van der Waals surface area contributed by atoms with Crippen molar-refractivity contribution in [3.05, 3.63) is 39.4 Å². The number of carbonyl (C=O) groups is 1. The molecular formula is C15H19ClN2O3. The highest BCUT2D eigenvalue weighted by Crippen LogP contribution is 2.38. The number of nitro benzene ring substituents is 1. The van der Waals surface area contributed by atoms with Crippen LogP contribution in [0.2, 0.25) is 0 Å². The van der Waals surface area contributed by atoms with Gasteiger partial charge in [0.15, 0.2) is 0 Å². The maximum atomic E-state index is 12.2. The average molecular weight is 311 g/mol. The monoisotopic (exact) mass is 310 g/mol. The first-order chi connectivity index (χ1) is 9.96. The molecule has 1 saturated carbocycles. The molecule has 6 heteroatoms. The standard InChI is InChI=1S/C15H19ClN2O3/c1-11-6-12(8-13(7-11)18(20)21)14(19)17-10-15(9-16)4-2-3-5-15/h6-8H,2-5,9-10H2,1H3,(H,17,19). The van der Waals surface area contributed by atoms with E-state index in [2.05, 4.69) is 5.32 Å². The lowest BCUT2D eigenvalue weighted by Gasteiger charge is -2.26. The molecule has 21 heavy (non-hydrogen) atoms. The molecule has 1 aromatic rings. The van der Waals surface area contributed by atoms with Crippen molar-refractivity contribution < 1.29 is 9.72 Å². The molecule has 0 spiro atoms. The Balaban J connectivity index is 2.08. The Kier molecular flexibility index (Phi) is 4.83. The quantitative estimate of drug-likeness (QED) is 0.514. The van der Waals surface area contributed by atoms with Gasteiger partial charge in [-0.3, -0.25) is 14.9 Å². The van der Waals surface area contributed by atoms with Gasteiger partial charge in [-0.1, -0.05) is 12.8 Å². The summed E-state index contributed by atoms with van der Waals surface area (Å²) in [5.74, 6) is 0.250. The lowest BCUT2D eigenvalue weighted by atomic mass is 9.88. The highest BCUT2D eigenvalue weighted by atomic mass is 35.5. The Labute approximate surface area is 128 Å². The summed E-state index contributed by atoms with van der Waals surface area (Å²) in [4.78, 5) is 22.6. The van der Waals surface area contributed by atoms with E-state index < -0.39 is 4.92 Å². The van der Waals surface area contributed by atoms with Gasteiger partial charge in [0.1, 0.15) is 0 Å². The van der Waals surface area contributed by atoms with Crippen LogP contribution >= 0.6 is 11.6 Å². The maximum absolute atomic E-state index is 12.2.